The van der Waals surface area contributed by atoms with Gasteiger partial charge in [0.25, 0.3) is 0 Å². The predicted molar refractivity (Wildman–Crippen MR) is 110 cm³/mol. The van der Waals surface area contributed by atoms with Gasteiger partial charge in [-0.15, -0.1) is 0 Å². The minimum atomic E-state index is 0.245. The highest BCUT2D eigenvalue weighted by Crippen LogP contribution is 2.30. The molecule has 0 saturated carbocycles. The van der Waals surface area contributed by atoms with Gasteiger partial charge < -0.3 is 10.5 Å². The molecule has 0 fully saturated rings. The monoisotopic (exact) mass is 414 g/mol. The summed E-state index contributed by atoms with van der Waals surface area (Å²) in [5.74, 6) is 1.65. The number of hydrogen-bond donors (Lipinski definition) is 1. The van der Waals surface area contributed by atoms with Crippen molar-refractivity contribution in [3.05, 3.63) is 45.6 Å². The Bertz CT molecular complexity index is 1070. The first-order valence-electron chi connectivity index (χ1n) is 8.53. The van der Waals surface area contributed by atoms with Gasteiger partial charge in [-0.1, -0.05) is 30.3 Å². The number of aromatic nitrogens is 4. The van der Waals surface area contributed by atoms with Crippen molar-refractivity contribution in [2.45, 2.75) is 32.3 Å². The maximum absolute atomic E-state index is 9.36. The minimum Gasteiger partial charge on any atom is -0.439 e. The zero-order chi connectivity index (χ0) is 20.4. The van der Waals surface area contributed by atoms with E-state index >= 15 is 0 Å². The third-order valence-corrected chi connectivity index (χ3v) is 5.28. The van der Waals surface area contributed by atoms with Gasteiger partial charge in [-0.25, -0.2) is 4.98 Å². The fourth-order valence-corrected chi connectivity index (χ4v) is 3.23. The highest BCUT2D eigenvalue weighted by molar-refractivity contribution is 7.98. The molecule has 0 amide bonds. The summed E-state index contributed by atoms with van der Waals surface area (Å²) in [6, 6.07) is 7.44. The highest BCUT2D eigenvalue weighted by atomic mass is 35.5. The van der Waals surface area contributed by atoms with E-state index in [0.29, 0.717) is 45.3 Å². The number of hydrogen-bond acceptors (Lipinski definition) is 7. The summed E-state index contributed by atoms with van der Waals surface area (Å²) in [6.07, 6.45) is 2.46. The van der Waals surface area contributed by atoms with Crippen LogP contribution in [-0.4, -0.2) is 26.0 Å². The van der Waals surface area contributed by atoms with Crippen molar-refractivity contribution < 1.29 is 4.74 Å². The normalized spacial score (nSPS) is 10.7. The second-order valence-electron chi connectivity index (χ2n) is 6.11. The zero-order valence-corrected chi connectivity index (χ0v) is 17.5. The molecule has 3 aromatic rings. The molecule has 144 valence electrons. The highest BCUT2D eigenvalue weighted by Gasteiger charge is 2.18. The Morgan fingerprint density at radius 3 is 2.46 bits per heavy atom. The van der Waals surface area contributed by atoms with Gasteiger partial charge in [-0.05, 0) is 49.8 Å². The lowest BCUT2D eigenvalue weighted by atomic mass is 10.1. The Balaban J connectivity index is 2.07. The average Bonchev–Trinajstić information content (AvgIpc) is 3.01. The summed E-state index contributed by atoms with van der Waals surface area (Å²) < 4.78 is 7.41. The van der Waals surface area contributed by atoms with E-state index in [9.17, 15) is 5.26 Å². The SMILES string of the molecule is CCc1nn(-c2cc(Oc3cc(C)c(Cl)c(C)c3)nc(SC)n2)c(N)c1C#N. The van der Waals surface area contributed by atoms with Crippen LogP contribution in [0.3, 0.4) is 0 Å². The van der Waals surface area contributed by atoms with Crippen LogP contribution >= 0.6 is 23.4 Å². The van der Waals surface area contributed by atoms with Crippen LogP contribution in [0.2, 0.25) is 5.02 Å². The van der Waals surface area contributed by atoms with Gasteiger partial charge >= 0.3 is 0 Å². The Morgan fingerprint density at radius 2 is 1.93 bits per heavy atom. The van der Waals surface area contributed by atoms with Gasteiger partial charge in [0.2, 0.25) is 5.88 Å². The van der Waals surface area contributed by atoms with Crippen LogP contribution in [0.5, 0.6) is 11.6 Å². The van der Waals surface area contributed by atoms with E-state index in [2.05, 4.69) is 21.1 Å². The largest absolute Gasteiger partial charge is 0.439 e. The molecule has 0 atom stereocenters. The molecule has 2 heterocycles. The summed E-state index contributed by atoms with van der Waals surface area (Å²) in [6.45, 7) is 5.75. The molecule has 0 saturated heterocycles. The van der Waals surface area contributed by atoms with Crippen molar-refractivity contribution in [1.82, 2.24) is 19.7 Å². The zero-order valence-electron chi connectivity index (χ0n) is 15.9. The minimum absolute atomic E-state index is 0.245. The van der Waals surface area contributed by atoms with Crippen molar-refractivity contribution >= 4 is 29.2 Å². The van der Waals surface area contributed by atoms with Crippen LogP contribution in [0.15, 0.2) is 23.4 Å². The van der Waals surface area contributed by atoms with Crippen molar-refractivity contribution in [3.63, 3.8) is 0 Å². The number of rotatable bonds is 5. The Labute approximate surface area is 172 Å². The number of anilines is 1. The Morgan fingerprint density at radius 1 is 1.25 bits per heavy atom. The van der Waals surface area contributed by atoms with Crippen molar-refractivity contribution in [2.75, 3.05) is 12.0 Å². The first-order valence-corrected chi connectivity index (χ1v) is 10.1. The van der Waals surface area contributed by atoms with Crippen LogP contribution in [0.1, 0.15) is 29.3 Å². The van der Waals surface area contributed by atoms with Crippen LogP contribution in [0.4, 0.5) is 5.82 Å². The summed E-state index contributed by atoms with van der Waals surface area (Å²) in [7, 11) is 0. The lowest BCUT2D eigenvalue weighted by Crippen LogP contribution is -2.07. The molecule has 2 aromatic heterocycles. The van der Waals surface area contributed by atoms with E-state index in [-0.39, 0.29) is 5.82 Å². The number of nitrogen functional groups attached to an aromatic ring is 1. The first-order chi connectivity index (χ1) is 13.4. The predicted octanol–water partition coefficient (Wildman–Crippen LogP) is 4.46. The van der Waals surface area contributed by atoms with Gasteiger partial charge in [0, 0.05) is 11.1 Å². The summed E-state index contributed by atoms with van der Waals surface area (Å²) in [4.78, 5) is 8.86. The topological polar surface area (TPSA) is 103 Å². The standard InChI is InChI=1S/C19H19ClN6OS/c1-5-14-13(9-21)18(22)26(25-14)15-8-16(24-19(23-15)28-4)27-12-6-10(2)17(20)11(3)7-12/h6-8H,5,22H2,1-4H3. The van der Waals surface area contributed by atoms with E-state index in [1.165, 1.54) is 16.4 Å². The molecule has 28 heavy (non-hydrogen) atoms. The van der Waals surface area contributed by atoms with E-state index in [1.807, 2.05) is 39.2 Å². The Hall–Kier alpha value is -2.76. The maximum atomic E-state index is 9.36. The van der Waals surface area contributed by atoms with Crippen LogP contribution < -0.4 is 10.5 Å². The molecule has 0 radical (unpaired) electrons. The molecule has 0 aliphatic heterocycles. The molecule has 0 spiro atoms. The number of nitrogens with zero attached hydrogens (tertiary/aromatic N) is 5. The second-order valence-corrected chi connectivity index (χ2v) is 7.26. The second kappa shape index (κ2) is 8.09. The van der Waals surface area contributed by atoms with Gasteiger partial charge in [0.15, 0.2) is 11.0 Å². The molecular formula is C19H19ClN6OS. The molecule has 7 nitrogen and oxygen atoms in total. The molecule has 9 heteroatoms. The van der Waals surface area contributed by atoms with E-state index in [4.69, 9.17) is 22.1 Å². The number of nitrogens with two attached hydrogens (primary N) is 1. The van der Waals surface area contributed by atoms with Gasteiger partial charge in [0.05, 0.1) is 5.69 Å². The third-order valence-electron chi connectivity index (χ3n) is 4.14. The van der Waals surface area contributed by atoms with Crippen LogP contribution in [0, 0.1) is 25.2 Å². The van der Waals surface area contributed by atoms with Gasteiger partial charge in [-0.3, -0.25) is 0 Å². The van der Waals surface area contributed by atoms with Crippen LogP contribution in [0.25, 0.3) is 5.82 Å². The number of aryl methyl sites for hydroxylation is 3. The number of ether oxygens (including phenoxy) is 1. The lowest BCUT2D eigenvalue weighted by Gasteiger charge is -2.11. The molecule has 0 aliphatic rings. The molecule has 3 rings (SSSR count). The van der Waals surface area contributed by atoms with Crippen LogP contribution in [-0.2, 0) is 6.42 Å². The summed E-state index contributed by atoms with van der Waals surface area (Å²) in [5, 5.41) is 15.0. The van der Waals surface area contributed by atoms with Crippen molar-refractivity contribution in [3.8, 4) is 23.5 Å². The van der Waals surface area contributed by atoms with Gasteiger partial charge in [0.1, 0.15) is 23.2 Å². The fraction of sp³-hybridized carbons (Fsp3) is 0.263. The number of nitriles is 1. The molecular weight excluding hydrogens is 396 g/mol. The quantitative estimate of drug-likeness (QED) is 0.485. The van der Waals surface area contributed by atoms with E-state index < -0.39 is 0 Å². The van der Waals surface area contributed by atoms with Crippen molar-refractivity contribution in [2.24, 2.45) is 0 Å². The third kappa shape index (κ3) is 3.77. The molecule has 0 aliphatic carbocycles. The smallest absolute Gasteiger partial charge is 0.225 e. The Kier molecular flexibility index (Phi) is 5.77. The average molecular weight is 415 g/mol. The number of halogens is 1. The molecule has 2 N–H and O–H groups in total. The first kappa shape index (κ1) is 20.0. The lowest BCUT2D eigenvalue weighted by molar-refractivity contribution is 0.454. The summed E-state index contributed by atoms with van der Waals surface area (Å²) >= 11 is 7.60. The fourth-order valence-electron chi connectivity index (χ4n) is 2.75. The maximum Gasteiger partial charge on any atom is 0.225 e. The van der Waals surface area contributed by atoms with E-state index in [0.717, 1.165) is 11.1 Å². The summed E-state index contributed by atoms with van der Waals surface area (Å²) in [5.41, 5.74) is 8.94. The molecule has 1 aromatic carbocycles. The molecule has 0 unspecified atom stereocenters. The van der Waals surface area contributed by atoms with Crippen molar-refractivity contribution in [1.29, 1.82) is 5.26 Å². The number of thioether (sulfide) groups is 1. The molecule has 0 bridgehead atoms. The van der Waals surface area contributed by atoms with E-state index in [1.54, 1.807) is 6.07 Å². The number of benzene rings is 1. The van der Waals surface area contributed by atoms with Gasteiger partial charge in [-0.2, -0.15) is 20.0 Å².